The molecule has 0 bridgehead atoms. The molecular weight excluding hydrogens is 198 g/mol. The van der Waals surface area contributed by atoms with Crippen molar-refractivity contribution in [3.05, 3.63) is 24.0 Å². The molecule has 1 heterocycles. The third-order valence-electron chi connectivity index (χ3n) is 2.02. The number of halogens is 1. The van der Waals surface area contributed by atoms with Crippen LogP contribution in [0.3, 0.4) is 0 Å². The Kier molecular flexibility index (Phi) is 5.38. The summed E-state index contributed by atoms with van der Waals surface area (Å²) in [6, 6.07) is 1.89. The van der Waals surface area contributed by atoms with Crippen molar-refractivity contribution in [3.63, 3.8) is 0 Å². The first kappa shape index (κ1) is 11.3. The quantitative estimate of drug-likeness (QED) is 0.534. The van der Waals surface area contributed by atoms with Gasteiger partial charge in [-0.3, -0.25) is 4.98 Å². The van der Waals surface area contributed by atoms with Crippen LogP contribution < -0.4 is 4.74 Å². The Hall–Kier alpha value is -0.760. The number of pyridine rings is 1. The van der Waals surface area contributed by atoms with Crippen molar-refractivity contribution in [2.75, 3.05) is 6.61 Å². The molecule has 1 rings (SSSR count). The lowest BCUT2D eigenvalue weighted by Gasteiger charge is -2.08. The number of nitrogens with zero attached hydrogens (tertiary/aromatic N) is 1. The maximum atomic E-state index is 5.76. The highest BCUT2D eigenvalue weighted by Crippen LogP contribution is 2.18. The standard InChI is InChI=1S/C11H16ClNO/c1-2-3-4-7-14-11-9-13-6-5-10(11)8-12/h5-6,9H,2-4,7-8H2,1H3. The topological polar surface area (TPSA) is 22.1 Å². The molecule has 14 heavy (non-hydrogen) atoms. The van der Waals surface area contributed by atoms with E-state index < -0.39 is 0 Å². The Bertz CT molecular complexity index is 265. The first-order valence-corrected chi connectivity index (χ1v) is 5.53. The Morgan fingerprint density at radius 3 is 3.00 bits per heavy atom. The Labute approximate surface area is 90.3 Å². The maximum absolute atomic E-state index is 5.76. The highest BCUT2D eigenvalue weighted by atomic mass is 35.5. The second-order valence-electron chi connectivity index (χ2n) is 3.17. The monoisotopic (exact) mass is 213 g/mol. The van der Waals surface area contributed by atoms with Gasteiger partial charge in [0.05, 0.1) is 18.7 Å². The molecule has 3 heteroatoms. The highest BCUT2D eigenvalue weighted by molar-refractivity contribution is 6.17. The molecule has 0 aliphatic carbocycles. The van der Waals surface area contributed by atoms with Crippen LogP contribution in [0.25, 0.3) is 0 Å². The molecule has 0 saturated carbocycles. The highest BCUT2D eigenvalue weighted by Gasteiger charge is 2.01. The number of alkyl halides is 1. The largest absolute Gasteiger partial charge is 0.492 e. The van der Waals surface area contributed by atoms with Gasteiger partial charge in [0.1, 0.15) is 5.75 Å². The fourth-order valence-electron chi connectivity index (χ4n) is 1.18. The molecule has 0 aliphatic rings. The molecule has 0 aromatic carbocycles. The summed E-state index contributed by atoms with van der Waals surface area (Å²) in [5.41, 5.74) is 1.01. The van der Waals surface area contributed by atoms with E-state index in [-0.39, 0.29) is 0 Å². The van der Waals surface area contributed by atoms with E-state index in [1.165, 1.54) is 12.8 Å². The van der Waals surface area contributed by atoms with Crippen molar-refractivity contribution < 1.29 is 4.74 Å². The predicted molar refractivity (Wildman–Crippen MR) is 58.8 cm³/mol. The first-order chi connectivity index (χ1) is 6.88. The first-order valence-electron chi connectivity index (χ1n) is 5.00. The molecule has 0 spiro atoms. The molecule has 0 radical (unpaired) electrons. The molecule has 1 aromatic heterocycles. The number of unbranched alkanes of at least 4 members (excludes halogenated alkanes) is 2. The molecule has 2 nitrogen and oxygen atoms in total. The van der Waals surface area contributed by atoms with E-state index in [1.54, 1.807) is 12.4 Å². The average Bonchev–Trinajstić information content (AvgIpc) is 2.25. The summed E-state index contributed by atoms with van der Waals surface area (Å²) in [4.78, 5) is 4.01. The van der Waals surface area contributed by atoms with Crippen molar-refractivity contribution >= 4 is 11.6 Å². The third kappa shape index (κ3) is 3.54. The lowest BCUT2D eigenvalue weighted by atomic mass is 10.2. The molecule has 0 saturated heterocycles. The van der Waals surface area contributed by atoms with E-state index in [4.69, 9.17) is 16.3 Å². The zero-order chi connectivity index (χ0) is 10.2. The molecular formula is C11H16ClNO. The van der Waals surface area contributed by atoms with Gasteiger partial charge in [0.15, 0.2) is 0 Å². The minimum Gasteiger partial charge on any atom is -0.492 e. The predicted octanol–water partition coefficient (Wildman–Crippen LogP) is 3.39. The van der Waals surface area contributed by atoms with Gasteiger partial charge in [-0.1, -0.05) is 19.8 Å². The Morgan fingerprint density at radius 2 is 2.29 bits per heavy atom. The van der Waals surface area contributed by atoms with Crippen LogP contribution in [0, 0.1) is 0 Å². The van der Waals surface area contributed by atoms with Crippen LogP contribution in [0.2, 0.25) is 0 Å². The minimum atomic E-state index is 0.478. The summed E-state index contributed by atoms with van der Waals surface area (Å²) < 4.78 is 5.58. The summed E-state index contributed by atoms with van der Waals surface area (Å²) in [6.07, 6.45) is 6.96. The van der Waals surface area contributed by atoms with Gasteiger partial charge in [0, 0.05) is 11.8 Å². The van der Waals surface area contributed by atoms with Gasteiger partial charge < -0.3 is 4.74 Å². The Balaban J connectivity index is 2.41. The molecule has 1 aromatic rings. The fourth-order valence-corrected chi connectivity index (χ4v) is 1.40. The van der Waals surface area contributed by atoms with Crippen LogP contribution in [0.4, 0.5) is 0 Å². The molecule has 0 aliphatic heterocycles. The van der Waals surface area contributed by atoms with Gasteiger partial charge in [0.2, 0.25) is 0 Å². The Morgan fingerprint density at radius 1 is 1.43 bits per heavy atom. The van der Waals surface area contributed by atoms with Crippen LogP contribution in [0.5, 0.6) is 5.75 Å². The number of aromatic nitrogens is 1. The zero-order valence-electron chi connectivity index (χ0n) is 8.50. The molecule has 0 N–H and O–H groups in total. The van der Waals surface area contributed by atoms with E-state index in [9.17, 15) is 0 Å². The summed E-state index contributed by atoms with van der Waals surface area (Å²) in [5, 5.41) is 0. The third-order valence-corrected chi connectivity index (χ3v) is 2.31. The summed E-state index contributed by atoms with van der Waals surface area (Å²) in [6.45, 7) is 2.93. The molecule has 0 unspecified atom stereocenters. The van der Waals surface area contributed by atoms with Gasteiger partial charge in [-0.2, -0.15) is 0 Å². The number of ether oxygens (including phenoxy) is 1. The van der Waals surface area contributed by atoms with Crippen molar-refractivity contribution in [1.29, 1.82) is 0 Å². The molecule has 78 valence electrons. The van der Waals surface area contributed by atoms with E-state index in [1.807, 2.05) is 6.07 Å². The second kappa shape index (κ2) is 6.66. The zero-order valence-corrected chi connectivity index (χ0v) is 9.26. The summed E-state index contributed by atoms with van der Waals surface area (Å²) in [5.74, 6) is 1.30. The van der Waals surface area contributed by atoms with E-state index >= 15 is 0 Å². The smallest absolute Gasteiger partial charge is 0.141 e. The second-order valence-corrected chi connectivity index (χ2v) is 3.44. The van der Waals surface area contributed by atoms with E-state index in [2.05, 4.69) is 11.9 Å². The van der Waals surface area contributed by atoms with Crippen LogP contribution in [-0.4, -0.2) is 11.6 Å². The van der Waals surface area contributed by atoms with Crippen LogP contribution in [0.15, 0.2) is 18.5 Å². The molecule has 0 amide bonds. The SMILES string of the molecule is CCCCCOc1cnccc1CCl. The number of hydrogen-bond donors (Lipinski definition) is 0. The lowest BCUT2D eigenvalue weighted by molar-refractivity contribution is 0.303. The number of hydrogen-bond acceptors (Lipinski definition) is 2. The van der Waals surface area contributed by atoms with Crippen molar-refractivity contribution in [1.82, 2.24) is 4.98 Å². The lowest BCUT2D eigenvalue weighted by Crippen LogP contribution is -1.99. The minimum absolute atomic E-state index is 0.478. The average molecular weight is 214 g/mol. The number of rotatable bonds is 6. The van der Waals surface area contributed by atoms with Crippen LogP contribution in [0.1, 0.15) is 31.7 Å². The summed E-state index contributed by atoms with van der Waals surface area (Å²) >= 11 is 5.76. The molecule has 0 fully saturated rings. The molecule has 0 atom stereocenters. The fraction of sp³-hybridized carbons (Fsp3) is 0.545. The van der Waals surface area contributed by atoms with Gasteiger partial charge in [0.25, 0.3) is 0 Å². The normalized spacial score (nSPS) is 10.1. The van der Waals surface area contributed by atoms with Gasteiger partial charge in [-0.15, -0.1) is 11.6 Å². The summed E-state index contributed by atoms with van der Waals surface area (Å²) in [7, 11) is 0. The van der Waals surface area contributed by atoms with Crippen molar-refractivity contribution in [2.45, 2.75) is 32.1 Å². The van der Waals surface area contributed by atoms with E-state index in [0.29, 0.717) is 5.88 Å². The van der Waals surface area contributed by atoms with E-state index in [0.717, 1.165) is 24.3 Å². The van der Waals surface area contributed by atoms with Gasteiger partial charge >= 0.3 is 0 Å². The van der Waals surface area contributed by atoms with Gasteiger partial charge in [-0.25, -0.2) is 0 Å². The van der Waals surface area contributed by atoms with Crippen molar-refractivity contribution in [2.24, 2.45) is 0 Å². The van der Waals surface area contributed by atoms with Gasteiger partial charge in [-0.05, 0) is 12.5 Å². The van der Waals surface area contributed by atoms with Crippen LogP contribution >= 0.6 is 11.6 Å². The van der Waals surface area contributed by atoms with Crippen molar-refractivity contribution in [3.8, 4) is 5.75 Å². The van der Waals surface area contributed by atoms with Crippen LogP contribution in [-0.2, 0) is 5.88 Å². The maximum Gasteiger partial charge on any atom is 0.141 e.